The van der Waals surface area contributed by atoms with Crippen LogP contribution in [0.5, 0.6) is 0 Å². The number of rotatable bonds is 3. The first-order valence-corrected chi connectivity index (χ1v) is 8.34. The second-order valence-corrected chi connectivity index (χ2v) is 6.59. The number of aryl methyl sites for hydroxylation is 1. The first kappa shape index (κ1) is 15.9. The average Bonchev–Trinajstić information content (AvgIpc) is 3.09. The van der Waals surface area contributed by atoms with Crippen LogP contribution in [-0.2, 0) is 0 Å². The molecule has 1 aromatic carbocycles. The first-order valence-electron chi connectivity index (χ1n) is 8.34. The van der Waals surface area contributed by atoms with Crippen LogP contribution in [0.2, 0.25) is 0 Å². The van der Waals surface area contributed by atoms with Crippen molar-refractivity contribution in [2.24, 2.45) is 5.92 Å². The van der Waals surface area contributed by atoms with Gasteiger partial charge in [-0.15, -0.1) is 0 Å². The van der Waals surface area contributed by atoms with Crippen LogP contribution in [0, 0.1) is 23.0 Å². The van der Waals surface area contributed by atoms with Gasteiger partial charge in [0.25, 0.3) is 11.6 Å². The van der Waals surface area contributed by atoms with Gasteiger partial charge in [0.05, 0.1) is 4.92 Å². The maximum atomic E-state index is 12.6. The van der Waals surface area contributed by atoms with Gasteiger partial charge in [-0.2, -0.15) is 0 Å². The van der Waals surface area contributed by atoms with Crippen LogP contribution in [0.1, 0.15) is 41.6 Å². The van der Waals surface area contributed by atoms with Crippen molar-refractivity contribution in [3.8, 4) is 0 Å². The van der Waals surface area contributed by atoms with Gasteiger partial charge in [-0.3, -0.25) is 14.9 Å². The van der Waals surface area contributed by atoms with E-state index < -0.39 is 4.92 Å². The topological polar surface area (TPSA) is 75.5 Å². The average molecular weight is 317 g/mol. The predicted octanol–water partition coefficient (Wildman–Crippen LogP) is 2.51. The van der Waals surface area contributed by atoms with Gasteiger partial charge in [0.2, 0.25) is 0 Å². The van der Waals surface area contributed by atoms with Crippen molar-refractivity contribution >= 4 is 11.6 Å². The molecule has 0 aliphatic carbocycles. The minimum atomic E-state index is -0.426. The SMILES string of the molecule is Cc1ccc(C(=O)N2CCC(C3CCCN3)CC2)cc1[N+](=O)[O-]. The Morgan fingerprint density at radius 1 is 1.30 bits per heavy atom. The van der Waals surface area contributed by atoms with Crippen molar-refractivity contribution < 1.29 is 9.72 Å². The number of amides is 1. The van der Waals surface area contributed by atoms with Crippen LogP contribution in [0.25, 0.3) is 0 Å². The number of piperidine rings is 1. The predicted molar refractivity (Wildman–Crippen MR) is 87.5 cm³/mol. The summed E-state index contributed by atoms with van der Waals surface area (Å²) in [7, 11) is 0. The Morgan fingerprint density at radius 3 is 2.65 bits per heavy atom. The summed E-state index contributed by atoms with van der Waals surface area (Å²) in [5, 5.41) is 14.6. The molecule has 1 aromatic rings. The highest BCUT2D eigenvalue weighted by molar-refractivity contribution is 5.95. The number of hydrogen-bond acceptors (Lipinski definition) is 4. The van der Waals surface area contributed by atoms with Gasteiger partial charge in [-0.1, -0.05) is 6.07 Å². The summed E-state index contributed by atoms with van der Waals surface area (Å²) in [6.45, 7) is 4.27. The van der Waals surface area contributed by atoms with Gasteiger partial charge in [0.1, 0.15) is 0 Å². The van der Waals surface area contributed by atoms with Crippen LogP contribution in [0.3, 0.4) is 0 Å². The number of carbonyl (C=O) groups excluding carboxylic acids is 1. The van der Waals surface area contributed by atoms with Crippen molar-refractivity contribution in [3.63, 3.8) is 0 Å². The lowest BCUT2D eigenvalue weighted by Gasteiger charge is -2.35. The summed E-state index contributed by atoms with van der Waals surface area (Å²) in [6.07, 6.45) is 4.51. The fourth-order valence-electron chi connectivity index (χ4n) is 3.74. The second kappa shape index (κ2) is 6.66. The molecule has 6 heteroatoms. The van der Waals surface area contributed by atoms with Crippen LogP contribution < -0.4 is 5.32 Å². The molecule has 2 fully saturated rings. The molecule has 0 aromatic heterocycles. The molecular weight excluding hydrogens is 294 g/mol. The number of hydrogen-bond donors (Lipinski definition) is 1. The van der Waals surface area contributed by atoms with Crippen molar-refractivity contribution in [2.45, 2.75) is 38.6 Å². The lowest BCUT2D eigenvalue weighted by Crippen LogP contribution is -2.43. The first-order chi connectivity index (χ1) is 11.1. The third-order valence-corrected chi connectivity index (χ3v) is 5.15. The number of nitro groups is 1. The highest BCUT2D eigenvalue weighted by atomic mass is 16.6. The van der Waals surface area contributed by atoms with Crippen molar-refractivity contribution in [1.29, 1.82) is 0 Å². The number of nitrogens with zero attached hydrogens (tertiary/aromatic N) is 2. The smallest absolute Gasteiger partial charge is 0.273 e. The number of nitrogens with one attached hydrogen (secondary N) is 1. The number of benzene rings is 1. The van der Waals surface area contributed by atoms with E-state index in [0.29, 0.717) is 23.1 Å². The molecular formula is C17H23N3O3. The van der Waals surface area contributed by atoms with E-state index in [2.05, 4.69) is 5.32 Å². The summed E-state index contributed by atoms with van der Waals surface area (Å²) < 4.78 is 0. The van der Waals surface area contributed by atoms with Crippen LogP contribution in [0.4, 0.5) is 5.69 Å². The molecule has 0 saturated carbocycles. The molecule has 1 amide bonds. The van der Waals surface area contributed by atoms with Gasteiger partial charge in [0.15, 0.2) is 0 Å². The highest BCUT2D eigenvalue weighted by Gasteiger charge is 2.30. The van der Waals surface area contributed by atoms with Crippen molar-refractivity contribution in [1.82, 2.24) is 10.2 Å². The molecule has 1 N–H and O–H groups in total. The van der Waals surface area contributed by atoms with E-state index in [-0.39, 0.29) is 11.6 Å². The molecule has 0 radical (unpaired) electrons. The summed E-state index contributed by atoms with van der Waals surface area (Å²) in [4.78, 5) is 25.0. The zero-order chi connectivity index (χ0) is 16.4. The molecule has 0 bridgehead atoms. The molecule has 3 rings (SSSR count). The second-order valence-electron chi connectivity index (χ2n) is 6.59. The zero-order valence-electron chi connectivity index (χ0n) is 13.5. The minimum absolute atomic E-state index is 0.0147. The van der Waals surface area contributed by atoms with E-state index in [1.54, 1.807) is 19.1 Å². The summed E-state index contributed by atoms with van der Waals surface area (Å²) >= 11 is 0. The molecule has 2 heterocycles. The number of carbonyl (C=O) groups is 1. The molecule has 6 nitrogen and oxygen atoms in total. The Kier molecular flexibility index (Phi) is 4.61. The summed E-state index contributed by atoms with van der Waals surface area (Å²) in [5.74, 6) is 0.555. The summed E-state index contributed by atoms with van der Waals surface area (Å²) in [6, 6.07) is 5.35. The van der Waals surface area contributed by atoms with E-state index in [0.717, 1.165) is 32.5 Å². The number of likely N-dealkylation sites (tertiary alicyclic amines) is 1. The third-order valence-electron chi connectivity index (χ3n) is 5.15. The van der Waals surface area contributed by atoms with Gasteiger partial charge in [-0.05, 0) is 51.1 Å². The molecule has 1 atom stereocenters. The van der Waals surface area contributed by atoms with E-state index in [1.165, 1.54) is 18.9 Å². The van der Waals surface area contributed by atoms with Crippen LogP contribution in [0.15, 0.2) is 18.2 Å². The van der Waals surface area contributed by atoms with Crippen LogP contribution >= 0.6 is 0 Å². The molecule has 1 unspecified atom stereocenters. The Bertz CT molecular complexity index is 603. The van der Waals surface area contributed by atoms with Gasteiger partial charge in [-0.25, -0.2) is 0 Å². The zero-order valence-corrected chi connectivity index (χ0v) is 13.5. The lowest BCUT2D eigenvalue weighted by atomic mass is 9.88. The standard InChI is InChI=1S/C17H23N3O3/c1-12-4-5-14(11-16(12)20(22)23)17(21)19-9-6-13(7-10-19)15-3-2-8-18-15/h4-5,11,13,15,18H,2-3,6-10H2,1H3. The van der Waals surface area contributed by atoms with Crippen molar-refractivity contribution in [3.05, 3.63) is 39.4 Å². The normalized spacial score (nSPS) is 22.3. The van der Waals surface area contributed by atoms with Crippen molar-refractivity contribution in [2.75, 3.05) is 19.6 Å². The molecule has 2 aliphatic rings. The highest BCUT2D eigenvalue weighted by Crippen LogP contribution is 2.27. The van der Waals surface area contributed by atoms with Gasteiger partial charge in [0, 0.05) is 36.3 Å². The fourth-order valence-corrected chi connectivity index (χ4v) is 3.74. The van der Waals surface area contributed by atoms with Crippen LogP contribution in [-0.4, -0.2) is 41.4 Å². The van der Waals surface area contributed by atoms with Gasteiger partial charge < -0.3 is 10.2 Å². The van der Waals surface area contributed by atoms with E-state index in [9.17, 15) is 14.9 Å². The third kappa shape index (κ3) is 3.37. The van der Waals surface area contributed by atoms with E-state index >= 15 is 0 Å². The quantitative estimate of drug-likeness (QED) is 0.686. The number of nitro benzene ring substituents is 1. The molecule has 23 heavy (non-hydrogen) atoms. The minimum Gasteiger partial charge on any atom is -0.339 e. The monoisotopic (exact) mass is 317 g/mol. The summed E-state index contributed by atoms with van der Waals surface area (Å²) in [5.41, 5.74) is 1.01. The Balaban J connectivity index is 1.65. The molecule has 124 valence electrons. The van der Waals surface area contributed by atoms with Gasteiger partial charge >= 0.3 is 0 Å². The maximum Gasteiger partial charge on any atom is 0.273 e. The largest absolute Gasteiger partial charge is 0.339 e. The maximum absolute atomic E-state index is 12.6. The van der Waals surface area contributed by atoms with E-state index in [4.69, 9.17) is 0 Å². The Hall–Kier alpha value is -1.95. The Morgan fingerprint density at radius 2 is 2.04 bits per heavy atom. The molecule has 0 spiro atoms. The molecule has 2 saturated heterocycles. The fraction of sp³-hybridized carbons (Fsp3) is 0.588. The Labute approximate surface area is 136 Å². The molecule has 2 aliphatic heterocycles. The lowest BCUT2D eigenvalue weighted by molar-refractivity contribution is -0.385. The van der Waals surface area contributed by atoms with E-state index in [1.807, 2.05) is 4.90 Å².